The number of ketones is 1. The van der Waals surface area contributed by atoms with Gasteiger partial charge in [-0.25, -0.2) is 0 Å². The summed E-state index contributed by atoms with van der Waals surface area (Å²) in [5.74, 6) is -0.207. The first-order valence-electron chi connectivity index (χ1n) is 8.34. The van der Waals surface area contributed by atoms with Gasteiger partial charge in [0.2, 0.25) is 11.8 Å². The van der Waals surface area contributed by atoms with E-state index in [1.165, 1.54) is 6.92 Å². The highest BCUT2D eigenvalue weighted by Crippen LogP contribution is 2.27. The van der Waals surface area contributed by atoms with Crippen molar-refractivity contribution in [2.45, 2.75) is 13.3 Å². The predicted octanol–water partition coefficient (Wildman–Crippen LogP) is 2.89. The van der Waals surface area contributed by atoms with E-state index in [0.717, 1.165) is 0 Å². The minimum Gasteiger partial charge on any atom is -0.497 e. The molecule has 3 rings (SSSR count). The average molecular weight is 352 g/mol. The van der Waals surface area contributed by atoms with Gasteiger partial charge in [0, 0.05) is 36.0 Å². The van der Waals surface area contributed by atoms with Gasteiger partial charge in [0.15, 0.2) is 5.78 Å². The first-order chi connectivity index (χ1) is 12.5. The first-order valence-corrected chi connectivity index (χ1v) is 8.34. The van der Waals surface area contributed by atoms with Crippen molar-refractivity contribution in [3.8, 4) is 5.75 Å². The van der Waals surface area contributed by atoms with E-state index in [1.54, 1.807) is 60.5 Å². The Morgan fingerprint density at radius 2 is 1.92 bits per heavy atom. The van der Waals surface area contributed by atoms with Gasteiger partial charge < -0.3 is 15.0 Å². The van der Waals surface area contributed by atoms with Crippen LogP contribution in [0.25, 0.3) is 0 Å². The topological polar surface area (TPSA) is 75.7 Å². The molecule has 6 nitrogen and oxygen atoms in total. The molecule has 1 unspecified atom stereocenters. The van der Waals surface area contributed by atoms with E-state index >= 15 is 0 Å². The predicted molar refractivity (Wildman–Crippen MR) is 98.5 cm³/mol. The minimum atomic E-state index is -0.449. The molecule has 0 aliphatic carbocycles. The zero-order valence-electron chi connectivity index (χ0n) is 14.7. The van der Waals surface area contributed by atoms with E-state index in [9.17, 15) is 14.4 Å². The Morgan fingerprint density at radius 3 is 2.65 bits per heavy atom. The van der Waals surface area contributed by atoms with Crippen molar-refractivity contribution in [1.29, 1.82) is 0 Å². The van der Waals surface area contributed by atoms with Crippen molar-refractivity contribution in [2.24, 2.45) is 5.92 Å². The van der Waals surface area contributed by atoms with Crippen LogP contribution < -0.4 is 15.0 Å². The molecule has 1 atom stereocenters. The van der Waals surface area contributed by atoms with Crippen molar-refractivity contribution in [2.75, 3.05) is 23.9 Å². The van der Waals surface area contributed by atoms with Gasteiger partial charge in [-0.1, -0.05) is 18.2 Å². The Labute approximate surface area is 151 Å². The smallest absolute Gasteiger partial charge is 0.229 e. The van der Waals surface area contributed by atoms with Crippen LogP contribution in [-0.4, -0.2) is 31.3 Å². The van der Waals surface area contributed by atoms with Crippen molar-refractivity contribution in [1.82, 2.24) is 0 Å². The lowest BCUT2D eigenvalue weighted by atomic mass is 10.1. The third kappa shape index (κ3) is 3.74. The highest BCUT2D eigenvalue weighted by atomic mass is 16.5. The van der Waals surface area contributed by atoms with Crippen LogP contribution in [0.15, 0.2) is 48.5 Å². The maximum Gasteiger partial charge on any atom is 0.229 e. The number of rotatable bonds is 5. The lowest BCUT2D eigenvalue weighted by Gasteiger charge is -2.17. The number of Topliss-reactive ketones (excluding diaryl/α,β-unsaturated/α-hetero) is 1. The maximum atomic E-state index is 12.5. The zero-order valence-corrected chi connectivity index (χ0v) is 14.7. The van der Waals surface area contributed by atoms with E-state index in [-0.39, 0.29) is 30.6 Å². The Hall–Kier alpha value is -3.15. The molecular formula is C20H20N2O4. The lowest BCUT2D eigenvalue weighted by Crippen LogP contribution is -2.28. The van der Waals surface area contributed by atoms with Gasteiger partial charge in [-0.15, -0.1) is 0 Å². The van der Waals surface area contributed by atoms with E-state index in [0.29, 0.717) is 22.7 Å². The molecular weight excluding hydrogens is 332 g/mol. The second kappa shape index (κ2) is 7.39. The molecule has 1 aliphatic heterocycles. The summed E-state index contributed by atoms with van der Waals surface area (Å²) in [7, 11) is 1.56. The monoisotopic (exact) mass is 352 g/mol. The van der Waals surface area contributed by atoms with Crippen LogP contribution in [0, 0.1) is 5.92 Å². The number of hydrogen-bond donors (Lipinski definition) is 1. The molecule has 2 amide bonds. The summed E-state index contributed by atoms with van der Waals surface area (Å²) in [4.78, 5) is 38.0. The highest BCUT2D eigenvalue weighted by Gasteiger charge is 2.35. The summed E-state index contributed by atoms with van der Waals surface area (Å²) in [5, 5.41) is 2.83. The number of ether oxygens (including phenoxy) is 1. The second-order valence-electron chi connectivity index (χ2n) is 6.23. The number of methoxy groups -OCH3 is 1. The number of hydrogen-bond acceptors (Lipinski definition) is 4. The number of carbonyl (C=O) groups is 3. The summed E-state index contributed by atoms with van der Waals surface area (Å²) in [6.07, 6.45) is 0.139. The summed E-state index contributed by atoms with van der Waals surface area (Å²) in [5.41, 5.74) is 1.80. The van der Waals surface area contributed by atoms with Crippen molar-refractivity contribution in [3.05, 3.63) is 54.1 Å². The average Bonchev–Trinajstić information content (AvgIpc) is 3.04. The van der Waals surface area contributed by atoms with Crippen molar-refractivity contribution in [3.63, 3.8) is 0 Å². The molecule has 0 radical (unpaired) electrons. The first kappa shape index (κ1) is 17.7. The molecule has 1 heterocycles. The van der Waals surface area contributed by atoms with Crippen LogP contribution in [0.1, 0.15) is 23.7 Å². The summed E-state index contributed by atoms with van der Waals surface area (Å²) in [6, 6.07) is 14.0. The molecule has 0 bridgehead atoms. The van der Waals surface area contributed by atoms with Crippen LogP contribution >= 0.6 is 0 Å². The van der Waals surface area contributed by atoms with Crippen molar-refractivity contribution < 1.29 is 19.1 Å². The number of nitrogens with one attached hydrogen (secondary N) is 1. The Kier molecular flexibility index (Phi) is 5.02. The lowest BCUT2D eigenvalue weighted by molar-refractivity contribution is -0.122. The van der Waals surface area contributed by atoms with Crippen LogP contribution in [0.5, 0.6) is 5.75 Å². The van der Waals surface area contributed by atoms with Gasteiger partial charge in [-0.3, -0.25) is 14.4 Å². The minimum absolute atomic E-state index is 0.0641. The van der Waals surface area contributed by atoms with Crippen LogP contribution in [0.2, 0.25) is 0 Å². The fourth-order valence-corrected chi connectivity index (χ4v) is 2.97. The normalized spacial score (nSPS) is 16.5. The molecule has 1 aliphatic rings. The molecule has 1 saturated heterocycles. The number of nitrogens with zero attached hydrogens (tertiary/aromatic N) is 1. The van der Waals surface area contributed by atoms with E-state index in [4.69, 9.17) is 4.74 Å². The maximum absolute atomic E-state index is 12.5. The van der Waals surface area contributed by atoms with Crippen LogP contribution in [0.4, 0.5) is 11.4 Å². The third-order valence-corrected chi connectivity index (χ3v) is 4.40. The summed E-state index contributed by atoms with van der Waals surface area (Å²) in [6.45, 7) is 1.77. The molecule has 134 valence electrons. The standard InChI is InChI=1S/C20H20N2O4/c1-13(23)14-5-3-7-17(9-14)22-12-15(10-19(22)24)20(25)21-16-6-4-8-18(11-16)26-2/h3-9,11,15H,10,12H2,1-2H3,(H,21,25). The second-order valence-corrected chi connectivity index (χ2v) is 6.23. The Balaban J connectivity index is 1.71. The largest absolute Gasteiger partial charge is 0.497 e. The summed E-state index contributed by atoms with van der Waals surface area (Å²) >= 11 is 0. The van der Waals surface area contributed by atoms with Gasteiger partial charge >= 0.3 is 0 Å². The van der Waals surface area contributed by atoms with Gasteiger partial charge in [-0.05, 0) is 31.2 Å². The third-order valence-electron chi connectivity index (χ3n) is 4.40. The van der Waals surface area contributed by atoms with Crippen LogP contribution in [-0.2, 0) is 9.59 Å². The van der Waals surface area contributed by atoms with Crippen molar-refractivity contribution >= 4 is 29.0 Å². The zero-order chi connectivity index (χ0) is 18.7. The number of carbonyl (C=O) groups excluding carboxylic acids is 3. The van der Waals surface area contributed by atoms with E-state index < -0.39 is 5.92 Å². The van der Waals surface area contributed by atoms with Gasteiger partial charge in [0.1, 0.15) is 5.75 Å². The van der Waals surface area contributed by atoms with E-state index in [1.807, 2.05) is 0 Å². The Morgan fingerprint density at radius 1 is 1.15 bits per heavy atom. The fraction of sp³-hybridized carbons (Fsp3) is 0.250. The van der Waals surface area contributed by atoms with Gasteiger partial charge in [-0.2, -0.15) is 0 Å². The van der Waals surface area contributed by atoms with Crippen LogP contribution in [0.3, 0.4) is 0 Å². The molecule has 2 aromatic rings. The molecule has 2 aromatic carbocycles. The number of amides is 2. The van der Waals surface area contributed by atoms with Gasteiger partial charge in [0.25, 0.3) is 0 Å². The van der Waals surface area contributed by atoms with E-state index in [2.05, 4.69) is 5.32 Å². The molecule has 0 spiro atoms. The Bertz CT molecular complexity index is 862. The molecule has 1 N–H and O–H groups in total. The number of anilines is 2. The fourth-order valence-electron chi connectivity index (χ4n) is 2.97. The molecule has 6 heteroatoms. The molecule has 1 fully saturated rings. The SMILES string of the molecule is COc1cccc(NC(=O)C2CC(=O)N(c3cccc(C(C)=O)c3)C2)c1. The highest BCUT2D eigenvalue weighted by molar-refractivity contribution is 6.04. The molecule has 26 heavy (non-hydrogen) atoms. The number of benzene rings is 2. The quantitative estimate of drug-likeness (QED) is 0.840. The molecule has 0 saturated carbocycles. The molecule has 0 aromatic heterocycles. The van der Waals surface area contributed by atoms with Gasteiger partial charge in [0.05, 0.1) is 13.0 Å². The summed E-state index contributed by atoms with van der Waals surface area (Å²) < 4.78 is 5.14.